The number of carbonyl (C=O) groups is 2. The first-order valence-electron chi connectivity index (χ1n) is 11.3. The van der Waals surface area contributed by atoms with Crippen LogP contribution in [0, 0.1) is 20.8 Å². The van der Waals surface area contributed by atoms with Crippen LogP contribution in [0.4, 0.5) is 11.4 Å². The van der Waals surface area contributed by atoms with Crippen LogP contribution in [0.1, 0.15) is 36.1 Å². The van der Waals surface area contributed by atoms with E-state index in [0.29, 0.717) is 22.6 Å². The molecule has 2 amide bonds. The van der Waals surface area contributed by atoms with Gasteiger partial charge in [0.15, 0.2) is 0 Å². The molecule has 0 saturated carbocycles. The zero-order valence-corrected chi connectivity index (χ0v) is 21.8. The third-order valence-corrected chi connectivity index (χ3v) is 7.41. The number of carbonyl (C=O) groups excluding carboxylic acids is 2. The van der Waals surface area contributed by atoms with Crippen molar-refractivity contribution in [1.29, 1.82) is 0 Å². The molecular formula is C27H30N4O4S. The Hall–Kier alpha value is -3.98. The molecule has 36 heavy (non-hydrogen) atoms. The van der Waals surface area contributed by atoms with Crippen LogP contribution in [0.3, 0.4) is 0 Å². The molecule has 3 aromatic carbocycles. The first kappa shape index (κ1) is 26.6. The van der Waals surface area contributed by atoms with E-state index in [9.17, 15) is 18.0 Å². The molecule has 0 aliphatic heterocycles. The Labute approximate surface area is 212 Å². The minimum atomic E-state index is -4.02. The van der Waals surface area contributed by atoms with E-state index in [-0.39, 0.29) is 10.8 Å². The molecule has 8 nitrogen and oxygen atoms in total. The third-order valence-electron chi connectivity index (χ3n) is 5.62. The second-order valence-electron chi connectivity index (χ2n) is 8.59. The Bertz CT molecular complexity index is 1410. The van der Waals surface area contributed by atoms with Gasteiger partial charge < -0.3 is 5.32 Å². The van der Waals surface area contributed by atoms with Crippen molar-refractivity contribution in [3.05, 3.63) is 89.0 Å². The number of hydrogen-bond donors (Lipinski definition) is 2. The lowest BCUT2D eigenvalue weighted by molar-refractivity contribution is -0.119. The molecule has 9 heteroatoms. The van der Waals surface area contributed by atoms with Gasteiger partial charge in [0.2, 0.25) is 5.91 Å². The zero-order chi connectivity index (χ0) is 26.5. The van der Waals surface area contributed by atoms with E-state index in [2.05, 4.69) is 15.8 Å². The highest BCUT2D eigenvalue weighted by atomic mass is 32.2. The van der Waals surface area contributed by atoms with Crippen molar-refractivity contribution >= 4 is 38.9 Å². The van der Waals surface area contributed by atoms with Crippen LogP contribution >= 0.6 is 0 Å². The first-order chi connectivity index (χ1) is 17.0. The average molecular weight is 507 g/mol. The van der Waals surface area contributed by atoms with Crippen LogP contribution in [0.5, 0.6) is 0 Å². The number of nitrogens with one attached hydrogen (secondary N) is 2. The molecule has 0 unspecified atom stereocenters. The molecule has 0 aromatic heterocycles. The van der Waals surface area contributed by atoms with Gasteiger partial charge >= 0.3 is 0 Å². The van der Waals surface area contributed by atoms with Gasteiger partial charge in [-0.3, -0.25) is 13.9 Å². The molecule has 0 heterocycles. The Morgan fingerprint density at radius 3 is 2.22 bits per heavy atom. The summed E-state index contributed by atoms with van der Waals surface area (Å²) in [6.07, 6.45) is 0. The standard InChI is InChI=1S/C27H30N4O4S/c1-18-9-13-26(14-10-18)36(34,35)31(25-12-11-19(2)20(3)15-25)17-27(33)30-29-21(4)23-7-6-8-24(16-23)28-22(5)32/h6-16H,17H2,1-5H3,(H,28,32)(H,30,33)/b29-21-. The summed E-state index contributed by atoms with van der Waals surface area (Å²) >= 11 is 0. The third kappa shape index (κ3) is 6.57. The largest absolute Gasteiger partial charge is 0.326 e. The van der Waals surface area contributed by atoms with E-state index in [4.69, 9.17) is 0 Å². The lowest BCUT2D eigenvalue weighted by atomic mass is 10.1. The minimum Gasteiger partial charge on any atom is -0.326 e. The second-order valence-corrected chi connectivity index (χ2v) is 10.4. The molecule has 3 rings (SSSR count). The number of hydrazone groups is 1. The average Bonchev–Trinajstić information content (AvgIpc) is 2.82. The van der Waals surface area contributed by atoms with Crippen molar-refractivity contribution in [3.8, 4) is 0 Å². The fourth-order valence-corrected chi connectivity index (χ4v) is 4.85. The number of sulfonamides is 1. The molecular weight excluding hydrogens is 476 g/mol. The van der Waals surface area contributed by atoms with Gasteiger partial charge in [-0.05, 0) is 80.8 Å². The number of anilines is 2. The van der Waals surface area contributed by atoms with E-state index in [1.54, 1.807) is 55.5 Å². The van der Waals surface area contributed by atoms with Crippen LogP contribution in [0.2, 0.25) is 0 Å². The quantitative estimate of drug-likeness (QED) is 0.351. The summed E-state index contributed by atoms with van der Waals surface area (Å²) < 4.78 is 28.2. The lowest BCUT2D eigenvalue weighted by Gasteiger charge is -2.24. The second kappa shape index (κ2) is 11.2. The molecule has 3 aromatic rings. The normalized spacial score (nSPS) is 11.6. The van der Waals surface area contributed by atoms with Gasteiger partial charge in [0.1, 0.15) is 6.54 Å². The highest BCUT2D eigenvalue weighted by Gasteiger charge is 2.27. The summed E-state index contributed by atoms with van der Waals surface area (Å²) in [5, 5.41) is 6.84. The maximum absolute atomic E-state index is 13.5. The van der Waals surface area contributed by atoms with Crippen LogP contribution < -0.4 is 15.0 Å². The Kier molecular flexibility index (Phi) is 8.26. The highest BCUT2D eigenvalue weighted by molar-refractivity contribution is 7.92. The number of aryl methyl sites for hydroxylation is 3. The van der Waals surface area contributed by atoms with Crippen LogP contribution in [0.15, 0.2) is 76.7 Å². The van der Waals surface area contributed by atoms with E-state index in [1.807, 2.05) is 26.8 Å². The van der Waals surface area contributed by atoms with Gasteiger partial charge in [-0.2, -0.15) is 5.10 Å². The van der Waals surface area contributed by atoms with Gasteiger partial charge in [-0.15, -0.1) is 0 Å². The van der Waals surface area contributed by atoms with Gasteiger partial charge in [0, 0.05) is 12.6 Å². The van der Waals surface area contributed by atoms with Crippen molar-refractivity contribution in [2.45, 2.75) is 39.5 Å². The maximum atomic E-state index is 13.5. The van der Waals surface area contributed by atoms with Crippen molar-refractivity contribution in [2.24, 2.45) is 5.10 Å². The molecule has 188 valence electrons. The Morgan fingerprint density at radius 1 is 0.889 bits per heavy atom. The predicted octanol–water partition coefficient (Wildman–Crippen LogP) is 4.31. The SMILES string of the molecule is CC(=O)Nc1cccc(/C(C)=N\NC(=O)CN(c2ccc(C)c(C)c2)S(=O)(=O)c2ccc(C)cc2)c1. The Morgan fingerprint density at radius 2 is 1.58 bits per heavy atom. The van der Waals surface area contributed by atoms with Crippen LogP contribution in [0.25, 0.3) is 0 Å². The topological polar surface area (TPSA) is 108 Å². The molecule has 0 bridgehead atoms. The number of rotatable bonds is 8. The smallest absolute Gasteiger partial charge is 0.264 e. The summed E-state index contributed by atoms with van der Waals surface area (Å²) in [6.45, 7) is 8.36. The molecule has 0 radical (unpaired) electrons. The molecule has 0 aliphatic carbocycles. The first-order valence-corrected chi connectivity index (χ1v) is 12.8. The number of amides is 2. The van der Waals surface area contributed by atoms with Crippen LogP contribution in [-0.4, -0.2) is 32.5 Å². The number of hydrogen-bond acceptors (Lipinski definition) is 5. The Balaban J connectivity index is 1.87. The zero-order valence-electron chi connectivity index (χ0n) is 21.0. The lowest BCUT2D eigenvalue weighted by Crippen LogP contribution is -2.39. The molecule has 0 aliphatic rings. The van der Waals surface area contributed by atoms with Gasteiger partial charge in [-0.1, -0.05) is 35.9 Å². The molecule has 2 N–H and O–H groups in total. The fraction of sp³-hybridized carbons (Fsp3) is 0.222. The molecule has 0 saturated heterocycles. The van der Waals surface area contributed by atoms with E-state index in [1.165, 1.54) is 19.1 Å². The summed E-state index contributed by atoms with van der Waals surface area (Å²) in [4.78, 5) is 24.3. The highest BCUT2D eigenvalue weighted by Crippen LogP contribution is 2.26. The molecule has 0 spiro atoms. The molecule has 0 atom stereocenters. The summed E-state index contributed by atoms with van der Waals surface area (Å²) in [7, 11) is -4.02. The van der Waals surface area contributed by atoms with E-state index >= 15 is 0 Å². The van der Waals surface area contributed by atoms with Crippen molar-refractivity contribution in [1.82, 2.24) is 5.43 Å². The van der Waals surface area contributed by atoms with Crippen molar-refractivity contribution in [2.75, 3.05) is 16.2 Å². The summed E-state index contributed by atoms with van der Waals surface area (Å²) in [5.74, 6) is -0.794. The molecule has 0 fully saturated rings. The summed E-state index contributed by atoms with van der Waals surface area (Å²) in [6, 6.07) is 18.8. The van der Waals surface area contributed by atoms with Gasteiger partial charge in [-0.25, -0.2) is 13.8 Å². The number of nitrogens with zero attached hydrogens (tertiary/aromatic N) is 2. The van der Waals surface area contributed by atoms with E-state index < -0.39 is 22.5 Å². The monoisotopic (exact) mass is 506 g/mol. The van der Waals surface area contributed by atoms with Crippen LogP contribution in [-0.2, 0) is 19.6 Å². The number of benzene rings is 3. The maximum Gasteiger partial charge on any atom is 0.264 e. The van der Waals surface area contributed by atoms with Crippen molar-refractivity contribution in [3.63, 3.8) is 0 Å². The van der Waals surface area contributed by atoms with Gasteiger partial charge in [0.25, 0.3) is 15.9 Å². The van der Waals surface area contributed by atoms with Gasteiger partial charge in [0.05, 0.1) is 16.3 Å². The predicted molar refractivity (Wildman–Crippen MR) is 143 cm³/mol. The van der Waals surface area contributed by atoms with E-state index in [0.717, 1.165) is 21.0 Å². The van der Waals surface area contributed by atoms with Crippen molar-refractivity contribution < 1.29 is 18.0 Å². The minimum absolute atomic E-state index is 0.0913. The summed E-state index contributed by atoms with van der Waals surface area (Å²) in [5.41, 5.74) is 7.48. The fourth-order valence-electron chi connectivity index (χ4n) is 3.44.